The van der Waals surface area contributed by atoms with Crippen LogP contribution in [0.15, 0.2) is 0 Å². The van der Waals surface area contributed by atoms with E-state index in [1.54, 1.807) is 0 Å². The van der Waals surface area contributed by atoms with Crippen LogP contribution in [0.25, 0.3) is 0 Å². The van der Waals surface area contributed by atoms with Gasteiger partial charge >= 0.3 is 0 Å². The molecule has 1 aliphatic heterocycles. The Balaban J connectivity index is 2.38. The van der Waals surface area contributed by atoms with Crippen molar-refractivity contribution < 1.29 is 4.79 Å². The maximum Gasteiger partial charge on any atom is 0.123 e. The van der Waals surface area contributed by atoms with Crippen LogP contribution in [-0.2, 0) is 4.79 Å². The van der Waals surface area contributed by atoms with Gasteiger partial charge in [0.1, 0.15) is 6.29 Å². The number of hydrogen-bond acceptors (Lipinski definition) is 2. The van der Waals surface area contributed by atoms with Crippen LogP contribution in [-0.4, -0.2) is 30.3 Å². The summed E-state index contributed by atoms with van der Waals surface area (Å²) in [5, 5.41) is 0. The summed E-state index contributed by atoms with van der Waals surface area (Å²) in [5.74, 6) is 0.328. The minimum absolute atomic E-state index is 0.328. The van der Waals surface area contributed by atoms with Crippen LogP contribution >= 0.6 is 0 Å². The summed E-state index contributed by atoms with van der Waals surface area (Å²) in [6.07, 6.45) is 4.46. The van der Waals surface area contributed by atoms with E-state index >= 15 is 0 Å². The van der Waals surface area contributed by atoms with Crippen molar-refractivity contribution in [2.45, 2.75) is 39.2 Å². The maximum atomic E-state index is 10.6. The molecule has 1 atom stereocenters. The van der Waals surface area contributed by atoms with Crippen LogP contribution in [0.5, 0.6) is 0 Å². The van der Waals surface area contributed by atoms with Crippen LogP contribution in [0.1, 0.15) is 33.1 Å². The first-order valence-electron chi connectivity index (χ1n) is 4.93. The zero-order valence-corrected chi connectivity index (χ0v) is 8.12. The molecule has 1 heterocycles. The Kier molecular flexibility index (Phi) is 3.73. The summed E-state index contributed by atoms with van der Waals surface area (Å²) in [4.78, 5) is 13.0. The van der Waals surface area contributed by atoms with Crippen molar-refractivity contribution in [3.63, 3.8) is 0 Å². The molecule has 1 unspecified atom stereocenters. The van der Waals surface area contributed by atoms with Crippen LogP contribution in [0.3, 0.4) is 0 Å². The number of carbonyl (C=O) groups is 1. The van der Waals surface area contributed by atoms with Crippen molar-refractivity contribution in [1.29, 1.82) is 0 Å². The smallest absolute Gasteiger partial charge is 0.123 e. The van der Waals surface area contributed by atoms with E-state index in [4.69, 9.17) is 0 Å². The van der Waals surface area contributed by atoms with Gasteiger partial charge in [0.2, 0.25) is 0 Å². The average molecular weight is 169 g/mol. The van der Waals surface area contributed by atoms with E-state index in [-0.39, 0.29) is 0 Å². The number of nitrogens with zero attached hydrogens (tertiary/aromatic N) is 1. The van der Waals surface area contributed by atoms with E-state index in [1.807, 2.05) is 0 Å². The Morgan fingerprint density at radius 1 is 1.33 bits per heavy atom. The van der Waals surface area contributed by atoms with Gasteiger partial charge in [-0.05, 0) is 46.2 Å². The van der Waals surface area contributed by atoms with Crippen LogP contribution in [0, 0.1) is 5.92 Å². The van der Waals surface area contributed by atoms with Crippen molar-refractivity contribution in [2.75, 3.05) is 13.1 Å². The van der Waals surface area contributed by atoms with Crippen molar-refractivity contribution >= 4 is 6.29 Å². The fraction of sp³-hybridized carbons (Fsp3) is 0.900. The molecular weight excluding hydrogens is 150 g/mol. The minimum atomic E-state index is 0.328. The molecule has 0 aromatic rings. The molecule has 0 saturated carbocycles. The lowest BCUT2D eigenvalue weighted by molar-refractivity contribution is -0.111. The minimum Gasteiger partial charge on any atom is -0.303 e. The zero-order valence-electron chi connectivity index (χ0n) is 8.12. The predicted molar refractivity (Wildman–Crippen MR) is 50.1 cm³/mol. The van der Waals surface area contributed by atoms with Gasteiger partial charge in [0, 0.05) is 12.0 Å². The first-order valence-corrected chi connectivity index (χ1v) is 4.93. The first kappa shape index (κ1) is 9.72. The highest BCUT2D eigenvalue weighted by Crippen LogP contribution is 2.16. The van der Waals surface area contributed by atoms with Crippen molar-refractivity contribution in [3.05, 3.63) is 0 Å². The molecule has 2 heteroatoms. The monoisotopic (exact) mass is 169 g/mol. The number of rotatable bonds is 2. The molecule has 1 rings (SSSR count). The van der Waals surface area contributed by atoms with Crippen molar-refractivity contribution in [3.8, 4) is 0 Å². The van der Waals surface area contributed by atoms with Crippen LogP contribution in [0.4, 0.5) is 0 Å². The van der Waals surface area contributed by atoms with Gasteiger partial charge in [-0.1, -0.05) is 0 Å². The molecule has 1 aliphatic rings. The second-order valence-electron chi connectivity index (χ2n) is 3.96. The summed E-state index contributed by atoms with van der Waals surface area (Å²) >= 11 is 0. The average Bonchev–Trinajstić information content (AvgIpc) is 2.28. The molecule has 0 radical (unpaired) electrons. The van der Waals surface area contributed by atoms with E-state index < -0.39 is 0 Å². The normalized spacial score (nSPS) is 27.1. The summed E-state index contributed by atoms with van der Waals surface area (Å²) in [6.45, 7) is 6.71. The van der Waals surface area contributed by atoms with E-state index in [2.05, 4.69) is 18.7 Å². The molecule has 70 valence electrons. The van der Waals surface area contributed by atoms with E-state index in [1.165, 1.54) is 13.0 Å². The predicted octanol–water partition coefficient (Wildman–Crippen LogP) is 1.70. The lowest BCUT2D eigenvalue weighted by atomic mass is 10.0. The van der Waals surface area contributed by atoms with Crippen LogP contribution < -0.4 is 0 Å². The molecule has 0 amide bonds. The lowest BCUT2D eigenvalue weighted by Crippen LogP contribution is -2.31. The molecule has 0 N–H and O–H groups in total. The molecular formula is C10H19NO. The van der Waals surface area contributed by atoms with Gasteiger partial charge in [0.15, 0.2) is 0 Å². The van der Waals surface area contributed by atoms with E-state index in [9.17, 15) is 4.79 Å². The third-order valence-electron chi connectivity index (χ3n) is 2.73. The van der Waals surface area contributed by atoms with E-state index in [0.717, 1.165) is 25.7 Å². The third kappa shape index (κ3) is 2.59. The molecule has 1 saturated heterocycles. The maximum absolute atomic E-state index is 10.6. The van der Waals surface area contributed by atoms with Crippen LogP contribution in [0.2, 0.25) is 0 Å². The molecule has 1 fully saturated rings. The number of carbonyl (C=O) groups excluding carboxylic acids is 1. The molecule has 0 bridgehead atoms. The number of likely N-dealkylation sites (tertiary alicyclic amines) is 1. The van der Waals surface area contributed by atoms with Gasteiger partial charge in [-0.3, -0.25) is 0 Å². The standard InChI is InChI=1S/C10H19NO/c1-9(2)11-6-3-4-10(8-12)5-7-11/h8-10H,3-7H2,1-2H3. The Bertz CT molecular complexity index is 145. The first-order chi connectivity index (χ1) is 5.74. The van der Waals surface area contributed by atoms with Gasteiger partial charge in [0.25, 0.3) is 0 Å². The highest BCUT2D eigenvalue weighted by atomic mass is 16.1. The second-order valence-corrected chi connectivity index (χ2v) is 3.96. The molecule has 0 aliphatic carbocycles. The van der Waals surface area contributed by atoms with Gasteiger partial charge in [0.05, 0.1) is 0 Å². The zero-order chi connectivity index (χ0) is 8.97. The number of hydrogen-bond donors (Lipinski definition) is 0. The molecule has 0 spiro atoms. The Morgan fingerprint density at radius 3 is 2.67 bits per heavy atom. The highest BCUT2D eigenvalue weighted by Gasteiger charge is 2.17. The molecule has 12 heavy (non-hydrogen) atoms. The Hall–Kier alpha value is -0.370. The second kappa shape index (κ2) is 4.61. The highest BCUT2D eigenvalue weighted by molar-refractivity contribution is 5.53. The third-order valence-corrected chi connectivity index (χ3v) is 2.73. The fourth-order valence-corrected chi connectivity index (χ4v) is 1.80. The summed E-state index contributed by atoms with van der Waals surface area (Å²) in [5.41, 5.74) is 0. The number of aldehydes is 1. The van der Waals surface area contributed by atoms with Crippen molar-refractivity contribution in [1.82, 2.24) is 4.90 Å². The molecule has 2 nitrogen and oxygen atoms in total. The van der Waals surface area contributed by atoms with E-state index in [0.29, 0.717) is 12.0 Å². The molecule has 0 aromatic carbocycles. The summed E-state index contributed by atoms with van der Waals surface area (Å²) < 4.78 is 0. The fourth-order valence-electron chi connectivity index (χ4n) is 1.80. The van der Waals surface area contributed by atoms with Gasteiger partial charge in [-0.15, -0.1) is 0 Å². The topological polar surface area (TPSA) is 20.3 Å². The Morgan fingerprint density at radius 2 is 2.08 bits per heavy atom. The van der Waals surface area contributed by atoms with Gasteiger partial charge in [-0.25, -0.2) is 0 Å². The van der Waals surface area contributed by atoms with Gasteiger partial charge < -0.3 is 9.69 Å². The lowest BCUT2D eigenvalue weighted by Gasteiger charge is -2.23. The molecule has 0 aromatic heterocycles. The summed E-state index contributed by atoms with van der Waals surface area (Å²) in [7, 11) is 0. The quantitative estimate of drug-likeness (QED) is 0.586. The van der Waals surface area contributed by atoms with Gasteiger partial charge in [-0.2, -0.15) is 0 Å². The largest absolute Gasteiger partial charge is 0.303 e. The Labute approximate surface area is 74.9 Å². The SMILES string of the molecule is CC(C)N1CCCC(C=O)CC1. The summed E-state index contributed by atoms with van der Waals surface area (Å²) in [6, 6.07) is 0.635. The van der Waals surface area contributed by atoms with Crippen molar-refractivity contribution in [2.24, 2.45) is 5.92 Å².